The van der Waals surface area contributed by atoms with E-state index in [1.165, 1.54) is 14.2 Å². The fraction of sp³-hybridized carbons (Fsp3) is 1.00. The van der Waals surface area contributed by atoms with Gasteiger partial charge in [-0.3, -0.25) is 0 Å². The summed E-state index contributed by atoms with van der Waals surface area (Å²) < 4.78 is 35.6. The summed E-state index contributed by atoms with van der Waals surface area (Å²) in [5.74, 6) is -0.0157. The molecule has 4 saturated carbocycles. The monoisotopic (exact) mass is 744 g/mol. The summed E-state index contributed by atoms with van der Waals surface area (Å²) in [6.07, 6.45) is -3.63. The van der Waals surface area contributed by atoms with Crippen LogP contribution in [0.3, 0.4) is 0 Å². The summed E-state index contributed by atoms with van der Waals surface area (Å²) in [4.78, 5) is 0. The highest BCUT2D eigenvalue weighted by atomic mass is 16.8. The van der Waals surface area contributed by atoms with Crippen molar-refractivity contribution in [2.24, 2.45) is 46.3 Å². The van der Waals surface area contributed by atoms with Crippen molar-refractivity contribution in [1.82, 2.24) is 0 Å². The van der Waals surface area contributed by atoms with Crippen molar-refractivity contribution in [2.45, 2.75) is 172 Å². The van der Waals surface area contributed by atoms with Gasteiger partial charge < -0.3 is 64.2 Å². The van der Waals surface area contributed by atoms with Gasteiger partial charge in [0.15, 0.2) is 12.6 Å². The normalized spacial score (nSPS) is 51.9. The summed E-state index contributed by atoms with van der Waals surface area (Å²) in [5, 5.41) is 77.8. The molecule has 13 nitrogen and oxygen atoms in total. The van der Waals surface area contributed by atoms with Gasteiger partial charge in [0.25, 0.3) is 0 Å². The minimum atomic E-state index is -1.21. The van der Waals surface area contributed by atoms with Crippen LogP contribution in [0, 0.1) is 46.3 Å². The second-order valence-electron chi connectivity index (χ2n) is 18.2. The van der Waals surface area contributed by atoms with Gasteiger partial charge in [0.1, 0.15) is 36.6 Å². The van der Waals surface area contributed by atoms with Gasteiger partial charge in [0.05, 0.1) is 43.2 Å². The molecule has 6 fully saturated rings. The highest BCUT2D eigenvalue weighted by Crippen LogP contribution is 2.69. The molecule has 2 saturated heterocycles. The molecular formula is C39H68O13. The van der Waals surface area contributed by atoms with Crippen molar-refractivity contribution in [2.75, 3.05) is 27.4 Å². The number of fused-ring (bicyclic) bond motifs is 5. The van der Waals surface area contributed by atoms with E-state index < -0.39 is 79.7 Å². The Morgan fingerprint density at radius 1 is 0.808 bits per heavy atom. The lowest BCUT2D eigenvalue weighted by molar-refractivity contribution is -0.313. The first-order chi connectivity index (χ1) is 24.5. The highest BCUT2D eigenvalue weighted by Gasteiger charge is 2.70. The summed E-state index contributed by atoms with van der Waals surface area (Å²) in [5.41, 5.74) is -1.78. The number of rotatable bonds is 12. The maximum absolute atomic E-state index is 12.7. The van der Waals surface area contributed by atoms with Crippen molar-refractivity contribution in [1.29, 1.82) is 0 Å². The Balaban J connectivity index is 1.13. The molecule has 2 heterocycles. The topological polar surface area (TPSA) is 197 Å². The second-order valence-corrected chi connectivity index (χ2v) is 18.2. The minimum absolute atomic E-state index is 0.0373. The van der Waals surface area contributed by atoms with Crippen LogP contribution in [-0.2, 0) is 28.4 Å². The fourth-order valence-corrected chi connectivity index (χ4v) is 12.4. The van der Waals surface area contributed by atoms with Crippen molar-refractivity contribution in [3.05, 3.63) is 0 Å². The fourth-order valence-electron chi connectivity index (χ4n) is 12.4. The third-order valence-electron chi connectivity index (χ3n) is 15.1. The molecule has 7 N–H and O–H groups in total. The lowest BCUT2D eigenvalue weighted by Crippen LogP contribution is -2.68. The van der Waals surface area contributed by atoms with E-state index in [-0.39, 0.29) is 65.5 Å². The van der Waals surface area contributed by atoms with Crippen LogP contribution in [-0.4, -0.2) is 142 Å². The summed E-state index contributed by atoms with van der Waals surface area (Å²) in [7, 11) is 2.93. The molecule has 52 heavy (non-hydrogen) atoms. The van der Waals surface area contributed by atoms with Crippen LogP contribution in [0.5, 0.6) is 0 Å². The van der Waals surface area contributed by atoms with Crippen LogP contribution in [0.2, 0.25) is 0 Å². The van der Waals surface area contributed by atoms with E-state index in [9.17, 15) is 35.7 Å². The third-order valence-corrected chi connectivity index (χ3v) is 15.1. The molecule has 6 rings (SSSR count). The van der Waals surface area contributed by atoms with Crippen molar-refractivity contribution < 1.29 is 64.2 Å². The van der Waals surface area contributed by atoms with Gasteiger partial charge in [-0.05, 0) is 91.8 Å². The number of aliphatic hydroxyl groups excluding tert-OH is 6. The molecule has 0 unspecified atom stereocenters. The Labute approximate surface area is 309 Å². The summed E-state index contributed by atoms with van der Waals surface area (Å²) >= 11 is 0. The Morgan fingerprint density at radius 2 is 1.50 bits per heavy atom. The van der Waals surface area contributed by atoms with E-state index in [1.54, 1.807) is 0 Å². The smallest absolute Gasteiger partial charge is 0.187 e. The first-order valence-corrected chi connectivity index (χ1v) is 19.9. The molecule has 0 aromatic heterocycles. The number of aliphatic hydroxyl groups is 7. The molecular weight excluding hydrogens is 676 g/mol. The minimum Gasteiger partial charge on any atom is -0.394 e. The molecule has 4 aliphatic carbocycles. The molecule has 0 bridgehead atoms. The Kier molecular flexibility index (Phi) is 12.5. The highest BCUT2D eigenvalue weighted by molar-refractivity contribution is 5.20. The predicted molar refractivity (Wildman–Crippen MR) is 188 cm³/mol. The van der Waals surface area contributed by atoms with Gasteiger partial charge in [0.2, 0.25) is 0 Å². The van der Waals surface area contributed by atoms with Crippen molar-refractivity contribution >= 4 is 0 Å². The van der Waals surface area contributed by atoms with Gasteiger partial charge in [-0.25, -0.2) is 0 Å². The van der Waals surface area contributed by atoms with Crippen LogP contribution in [0.15, 0.2) is 0 Å². The van der Waals surface area contributed by atoms with E-state index >= 15 is 0 Å². The molecule has 20 atom stereocenters. The van der Waals surface area contributed by atoms with Crippen LogP contribution in [0.4, 0.5) is 0 Å². The molecule has 0 amide bonds. The van der Waals surface area contributed by atoms with Crippen LogP contribution < -0.4 is 0 Å². The predicted octanol–water partition coefficient (Wildman–Crippen LogP) is 1.73. The number of hydrogen-bond donors (Lipinski definition) is 7. The van der Waals surface area contributed by atoms with Crippen LogP contribution >= 0.6 is 0 Å². The van der Waals surface area contributed by atoms with Gasteiger partial charge in [-0.2, -0.15) is 0 Å². The van der Waals surface area contributed by atoms with E-state index in [2.05, 4.69) is 34.6 Å². The Bertz CT molecular complexity index is 1190. The zero-order valence-electron chi connectivity index (χ0n) is 32.3. The quantitative estimate of drug-likeness (QED) is 0.153. The van der Waals surface area contributed by atoms with Gasteiger partial charge in [-0.1, -0.05) is 34.6 Å². The molecule has 0 aromatic rings. The SMILES string of the molecule is CO[C@@H]1[C@@H](OC)[C@H](O[C@H]2[C@H](O[C@@H](CC[C@@H](C)[C@H]3C[C@@H](O)[C@@H]4[C@]3(C)CC[C@@H]3[C@@]5(C)CC[C@H](O)C[C@@H]5[C@@H](O)C[C@]34O)C(C)C)O[C@@H](CO)[C@@H]2O)OC[C@H]1O. The standard InChI is InChI=1S/C39H68O13/c1-19(2)27(50-36-32(30(45)28(17-40)51-36)52-35-33(48-7)31(47-6)26(44)18-49-35)9-8-20(3)22-15-24(42)34-38(22,5)13-11-29-37(4)12-10-21(41)14-23(37)25(43)16-39(29,34)46/h19-36,40-46H,8-18H2,1-7H3/t20-,21+,22-,23-,24-,25+,26-,27+,28+,29-,30+,31+,32-,33-,34-,35+,36-,37+,38-,39+/m1/s1. The largest absolute Gasteiger partial charge is 0.394 e. The Hall–Kier alpha value is -0.520. The first-order valence-electron chi connectivity index (χ1n) is 19.9. The van der Waals surface area contributed by atoms with E-state index in [0.717, 1.165) is 25.7 Å². The maximum Gasteiger partial charge on any atom is 0.187 e. The Morgan fingerprint density at radius 3 is 2.15 bits per heavy atom. The average molecular weight is 745 g/mol. The molecule has 302 valence electrons. The van der Waals surface area contributed by atoms with Crippen molar-refractivity contribution in [3.8, 4) is 0 Å². The van der Waals surface area contributed by atoms with Gasteiger partial charge >= 0.3 is 0 Å². The molecule has 13 heteroatoms. The maximum atomic E-state index is 12.7. The summed E-state index contributed by atoms with van der Waals surface area (Å²) in [6, 6.07) is 0. The summed E-state index contributed by atoms with van der Waals surface area (Å²) in [6.45, 7) is 10.3. The number of methoxy groups -OCH3 is 2. The molecule has 2 aliphatic heterocycles. The number of hydrogen-bond acceptors (Lipinski definition) is 13. The lowest BCUT2D eigenvalue weighted by Gasteiger charge is -2.66. The third kappa shape index (κ3) is 7.05. The van der Waals surface area contributed by atoms with Gasteiger partial charge in [0, 0.05) is 26.6 Å². The van der Waals surface area contributed by atoms with Gasteiger partial charge in [-0.15, -0.1) is 0 Å². The van der Waals surface area contributed by atoms with Crippen LogP contribution in [0.1, 0.15) is 92.4 Å². The molecule has 6 aliphatic rings. The molecule has 0 spiro atoms. The second kappa shape index (κ2) is 15.8. The zero-order valence-corrected chi connectivity index (χ0v) is 32.3. The number of ether oxygens (including phenoxy) is 6. The molecule has 0 radical (unpaired) electrons. The zero-order chi connectivity index (χ0) is 37.9. The lowest BCUT2D eigenvalue weighted by atomic mass is 9.42. The average Bonchev–Trinajstić information content (AvgIpc) is 3.55. The van der Waals surface area contributed by atoms with Crippen LogP contribution in [0.25, 0.3) is 0 Å². The van der Waals surface area contributed by atoms with E-state index in [1.807, 2.05) is 0 Å². The van der Waals surface area contributed by atoms with Crippen molar-refractivity contribution in [3.63, 3.8) is 0 Å². The first kappa shape index (κ1) is 41.1. The van der Waals surface area contributed by atoms with E-state index in [4.69, 9.17) is 28.4 Å². The van der Waals surface area contributed by atoms with E-state index in [0.29, 0.717) is 25.7 Å². The molecule has 0 aromatic carbocycles.